The summed E-state index contributed by atoms with van der Waals surface area (Å²) >= 11 is 0. The highest BCUT2D eigenvalue weighted by Crippen LogP contribution is 2.27. The summed E-state index contributed by atoms with van der Waals surface area (Å²) in [6.07, 6.45) is 3.36. The number of carbonyl (C=O) groups is 1. The van der Waals surface area contributed by atoms with Crippen LogP contribution in [0.25, 0.3) is 0 Å². The molecule has 1 N–H and O–H groups in total. The molecule has 26 heavy (non-hydrogen) atoms. The summed E-state index contributed by atoms with van der Waals surface area (Å²) in [6.45, 7) is 4.00. The molecule has 2 fully saturated rings. The number of β-amino-alcohol motifs (C(OH)–C–C–N with tert-alkyl or cyclic N) is 1. The van der Waals surface area contributed by atoms with Gasteiger partial charge < -0.3 is 14.7 Å². The molecule has 0 saturated carbocycles. The van der Waals surface area contributed by atoms with Gasteiger partial charge in [-0.2, -0.15) is 0 Å². The van der Waals surface area contributed by atoms with Crippen LogP contribution < -0.4 is 0 Å². The molecule has 2 aliphatic rings. The monoisotopic (exact) mass is 364 g/mol. The molecule has 2 saturated heterocycles. The zero-order valence-electron chi connectivity index (χ0n) is 15.5. The normalized spacial score (nSPS) is 25.7. The first-order valence-corrected chi connectivity index (χ1v) is 9.48. The second-order valence-corrected chi connectivity index (χ2v) is 7.66. The van der Waals surface area contributed by atoms with E-state index in [0.717, 1.165) is 44.5 Å². The van der Waals surface area contributed by atoms with Gasteiger partial charge in [-0.3, -0.25) is 9.69 Å². The van der Waals surface area contributed by atoms with Gasteiger partial charge in [0.05, 0.1) is 0 Å². The SMILES string of the molecule is COCC1CCN(C[C@]2(O)CCCN(Cc3ccc(F)cc3)C2=O)CC1. The van der Waals surface area contributed by atoms with Crippen molar-refractivity contribution in [3.63, 3.8) is 0 Å². The fourth-order valence-electron chi connectivity index (χ4n) is 4.09. The van der Waals surface area contributed by atoms with Crippen LogP contribution in [0.1, 0.15) is 31.2 Å². The molecule has 0 aliphatic carbocycles. The zero-order chi connectivity index (χ0) is 18.6. The predicted octanol–water partition coefficient (Wildman–Crippen LogP) is 2.04. The topological polar surface area (TPSA) is 53.0 Å². The Balaban J connectivity index is 1.58. The van der Waals surface area contributed by atoms with Crippen LogP contribution in [0, 0.1) is 11.7 Å². The summed E-state index contributed by atoms with van der Waals surface area (Å²) in [7, 11) is 1.73. The van der Waals surface area contributed by atoms with Crippen LogP contribution in [0.3, 0.4) is 0 Å². The van der Waals surface area contributed by atoms with Crippen molar-refractivity contribution in [2.24, 2.45) is 5.92 Å². The second-order valence-electron chi connectivity index (χ2n) is 7.66. The average Bonchev–Trinajstić information content (AvgIpc) is 2.63. The quantitative estimate of drug-likeness (QED) is 0.839. The molecule has 0 aromatic heterocycles. The lowest BCUT2D eigenvalue weighted by Gasteiger charge is -2.42. The maximum absolute atomic E-state index is 13.1. The van der Waals surface area contributed by atoms with Crippen molar-refractivity contribution in [2.45, 2.75) is 37.8 Å². The number of likely N-dealkylation sites (tertiary alicyclic amines) is 2. The Hall–Kier alpha value is -1.50. The average molecular weight is 364 g/mol. The van der Waals surface area contributed by atoms with E-state index in [9.17, 15) is 14.3 Å². The molecule has 5 nitrogen and oxygen atoms in total. The van der Waals surface area contributed by atoms with E-state index < -0.39 is 5.60 Å². The lowest BCUT2D eigenvalue weighted by Crippen LogP contribution is -2.59. The third kappa shape index (κ3) is 4.61. The Morgan fingerprint density at radius 1 is 1.23 bits per heavy atom. The van der Waals surface area contributed by atoms with Crippen LogP contribution in [0.4, 0.5) is 4.39 Å². The predicted molar refractivity (Wildman–Crippen MR) is 97.0 cm³/mol. The van der Waals surface area contributed by atoms with E-state index in [0.29, 0.717) is 32.0 Å². The van der Waals surface area contributed by atoms with Gasteiger partial charge in [0, 0.05) is 33.4 Å². The number of ether oxygens (including phenoxy) is 1. The summed E-state index contributed by atoms with van der Waals surface area (Å²) < 4.78 is 18.3. The smallest absolute Gasteiger partial charge is 0.256 e. The lowest BCUT2D eigenvalue weighted by atomic mass is 9.89. The number of piperidine rings is 2. The number of halogens is 1. The van der Waals surface area contributed by atoms with E-state index >= 15 is 0 Å². The summed E-state index contributed by atoms with van der Waals surface area (Å²) in [5, 5.41) is 11.0. The van der Waals surface area contributed by atoms with Gasteiger partial charge in [0.15, 0.2) is 5.60 Å². The number of hydrogen-bond acceptors (Lipinski definition) is 4. The molecule has 0 unspecified atom stereocenters. The van der Waals surface area contributed by atoms with E-state index in [1.807, 2.05) is 0 Å². The molecule has 1 atom stereocenters. The Bertz CT molecular complexity index is 602. The van der Waals surface area contributed by atoms with E-state index in [-0.39, 0.29) is 11.7 Å². The number of hydrogen-bond donors (Lipinski definition) is 1. The van der Waals surface area contributed by atoms with Crippen molar-refractivity contribution < 1.29 is 19.0 Å². The van der Waals surface area contributed by atoms with E-state index in [2.05, 4.69) is 4.90 Å². The van der Waals surface area contributed by atoms with Gasteiger partial charge in [-0.25, -0.2) is 4.39 Å². The molecular weight excluding hydrogens is 335 g/mol. The molecule has 1 aromatic carbocycles. The molecule has 144 valence electrons. The fraction of sp³-hybridized carbons (Fsp3) is 0.650. The number of amides is 1. The van der Waals surface area contributed by atoms with Gasteiger partial charge in [-0.15, -0.1) is 0 Å². The van der Waals surface area contributed by atoms with Crippen LogP contribution in [0.2, 0.25) is 0 Å². The first-order valence-electron chi connectivity index (χ1n) is 9.48. The van der Waals surface area contributed by atoms with Gasteiger partial charge in [0.1, 0.15) is 5.82 Å². The minimum atomic E-state index is -1.31. The summed E-state index contributed by atoms with van der Waals surface area (Å²) in [5.74, 6) is 0.0853. The number of benzene rings is 1. The van der Waals surface area contributed by atoms with Crippen molar-refractivity contribution in [1.29, 1.82) is 0 Å². The van der Waals surface area contributed by atoms with Crippen LogP contribution in [0.5, 0.6) is 0 Å². The van der Waals surface area contributed by atoms with Gasteiger partial charge in [0.25, 0.3) is 5.91 Å². The van der Waals surface area contributed by atoms with Crippen molar-refractivity contribution >= 4 is 5.91 Å². The van der Waals surface area contributed by atoms with Gasteiger partial charge in [-0.1, -0.05) is 12.1 Å². The third-order valence-electron chi connectivity index (χ3n) is 5.59. The molecule has 2 heterocycles. The van der Waals surface area contributed by atoms with Crippen LogP contribution >= 0.6 is 0 Å². The Kier molecular flexibility index (Phi) is 6.27. The zero-order valence-corrected chi connectivity index (χ0v) is 15.5. The molecule has 0 spiro atoms. The number of aliphatic hydroxyl groups is 1. The molecular formula is C20H29FN2O3. The number of rotatable bonds is 6. The highest BCUT2D eigenvalue weighted by Gasteiger charge is 2.43. The summed E-state index contributed by atoms with van der Waals surface area (Å²) in [4.78, 5) is 16.8. The van der Waals surface area contributed by atoms with E-state index in [4.69, 9.17) is 4.74 Å². The minimum absolute atomic E-state index is 0.202. The Morgan fingerprint density at radius 3 is 2.58 bits per heavy atom. The maximum Gasteiger partial charge on any atom is 0.256 e. The van der Waals surface area contributed by atoms with Gasteiger partial charge in [0.2, 0.25) is 0 Å². The largest absolute Gasteiger partial charge is 0.384 e. The van der Waals surface area contributed by atoms with Crippen LogP contribution in [-0.4, -0.2) is 66.3 Å². The van der Waals surface area contributed by atoms with E-state index in [1.165, 1.54) is 12.1 Å². The molecule has 0 bridgehead atoms. The van der Waals surface area contributed by atoms with Crippen molar-refractivity contribution in [1.82, 2.24) is 9.80 Å². The maximum atomic E-state index is 13.1. The van der Waals surface area contributed by atoms with Crippen LogP contribution in [-0.2, 0) is 16.1 Å². The third-order valence-corrected chi connectivity index (χ3v) is 5.59. The van der Waals surface area contributed by atoms with E-state index in [1.54, 1.807) is 24.1 Å². The highest BCUT2D eigenvalue weighted by atomic mass is 19.1. The molecule has 1 amide bonds. The molecule has 0 radical (unpaired) electrons. The standard InChI is InChI=1S/C20H29FN2O3/c1-26-14-17-7-11-22(12-8-17)15-20(25)9-2-10-23(19(20)24)13-16-3-5-18(21)6-4-16/h3-6,17,25H,2,7-15H2,1H3/t20-/m1/s1. The summed E-state index contributed by atoms with van der Waals surface area (Å²) in [5.41, 5.74) is -0.434. The van der Waals surface area contributed by atoms with Crippen LogP contribution in [0.15, 0.2) is 24.3 Å². The van der Waals surface area contributed by atoms with Crippen molar-refractivity contribution in [3.05, 3.63) is 35.6 Å². The lowest BCUT2D eigenvalue weighted by molar-refractivity contribution is -0.160. The summed E-state index contributed by atoms with van der Waals surface area (Å²) in [6, 6.07) is 6.19. The first kappa shape index (κ1) is 19.3. The fourth-order valence-corrected chi connectivity index (χ4v) is 4.09. The number of methoxy groups -OCH3 is 1. The number of carbonyl (C=O) groups excluding carboxylic acids is 1. The van der Waals surface area contributed by atoms with Crippen molar-refractivity contribution in [2.75, 3.05) is 39.9 Å². The molecule has 2 aliphatic heterocycles. The minimum Gasteiger partial charge on any atom is -0.384 e. The Labute approximate surface area is 154 Å². The number of nitrogens with zero attached hydrogens (tertiary/aromatic N) is 2. The molecule has 6 heteroatoms. The van der Waals surface area contributed by atoms with Gasteiger partial charge in [-0.05, 0) is 62.4 Å². The second kappa shape index (κ2) is 8.46. The highest BCUT2D eigenvalue weighted by molar-refractivity contribution is 5.86. The van der Waals surface area contributed by atoms with Crippen molar-refractivity contribution in [3.8, 4) is 0 Å². The molecule has 1 aromatic rings. The molecule has 3 rings (SSSR count). The first-order chi connectivity index (χ1) is 12.5. The van der Waals surface area contributed by atoms with Gasteiger partial charge >= 0.3 is 0 Å². The Morgan fingerprint density at radius 2 is 1.92 bits per heavy atom.